The molecule has 32 heavy (non-hydrogen) atoms. The molecule has 0 saturated carbocycles. The lowest BCUT2D eigenvalue weighted by molar-refractivity contribution is -0.302. The van der Waals surface area contributed by atoms with Crippen molar-refractivity contribution in [2.45, 2.75) is 104 Å². The van der Waals surface area contributed by atoms with E-state index in [1.165, 1.54) is 11.1 Å². The second-order valence-electron chi connectivity index (χ2n) is 10.0. The Bertz CT molecular complexity index is 758. The predicted octanol–water partition coefficient (Wildman–Crippen LogP) is 8.37. The SMILES string of the molecule is CCC(C)c1ccccc1OOC(C)(C)CCC(C)(C)OOc1ccccc1C(C)CC. The van der Waals surface area contributed by atoms with Crippen LogP contribution >= 0.6 is 0 Å². The van der Waals surface area contributed by atoms with Gasteiger partial charge in [0, 0.05) is 11.1 Å². The van der Waals surface area contributed by atoms with E-state index in [9.17, 15) is 0 Å². The Hall–Kier alpha value is -2.04. The summed E-state index contributed by atoms with van der Waals surface area (Å²) < 4.78 is 0. The summed E-state index contributed by atoms with van der Waals surface area (Å²) >= 11 is 0. The standard InChI is InChI=1S/C28H42O4/c1-9-21(3)23-15-11-13-17-25(23)29-31-27(5,6)19-20-28(7,8)32-30-26-18-14-12-16-24(26)22(4)10-2/h11-18,21-22H,9-10,19-20H2,1-8H3. The molecule has 0 N–H and O–H groups in total. The van der Waals surface area contributed by atoms with Gasteiger partial charge in [-0.15, -0.1) is 0 Å². The molecule has 4 heteroatoms. The van der Waals surface area contributed by atoms with E-state index in [2.05, 4.69) is 39.8 Å². The second-order valence-corrected chi connectivity index (χ2v) is 10.0. The number of hydrogen-bond acceptors (Lipinski definition) is 4. The maximum Gasteiger partial charge on any atom is 0.168 e. The van der Waals surface area contributed by atoms with E-state index < -0.39 is 11.2 Å². The molecule has 2 rings (SSSR count). The molecule has 0 aliphatic heterocycles. The Morgan fingerprint density at radius 1 is 0.625 bits per heavy atom. The number of para-hydroxylation sites is 2. The van der Waals surface area contributed by atoms with E-state index >= 15 is 0 Å². The fourth-order valence-electron chi connectivity index (χ4n) is 3.37. The quantitative estimate of drug-likeness (QED) is 0.231. The van der Waals surface area contributed by atoms with Gasteiger partial charge in [0.2, 0.25) is 0 Å². The van der Waals surface area contributed by atoms with E-state index in [1.807, 2.05) is 64.1 Å². The van der Waals surface area contributed by atoms with Gasteiger partial charge < -0.3 is 9.78 Å². The molecular weight excluding hydrogens is 400 g/mol. The van der Waals surface area contributed by atoms with Gasteiger partial charge in [0.25, 0.3) is 0 Å². The van der Waals surface area contributed by atoms with E-state index in [0.717, 1.165) is 37.2 Å². The largest absolute Gasteiger partial charge is 0.337 e. The Morgan fingerprint density at radius 3 is 1.31 bits per heavy atom. The van der Waals surface area contributed by atoms with Crippen LogP contribution in [-0.2, 0) is 9.78 Å². The maximum atomic E-state index is 5.88. The smallest absolute Gasteiger partial charge is 0.168 e. The Labute approximate surface area is 195 Å². The molecule has 0 spiro atoms. The van der Waals surface area contributed by atoms with E-state index in [-0.39, 0.29) is 0 Å². The van der Waals surface area contributed by atoms with Gasteiger partial charge in [-0.1, -0.05) is 64.1 Å². The van der Waals surface area contributed by atoms with Crippen LogP contribution in [0.2, 0.25) is 0 Å². The van der Waals surface area contributed by atoms with Crippen molar-refractivity contribution in [3.05, 3.63) is 59.7 Å². The molecular formula is C28H42O4. The van der Waals surface area contributed by atoms with Crippen LogP contribution in [0, 0.1) is 0 Å². The third kappa shape index (κ3) is 7.83. The molecule has 0 aliphatic rings. The average Bonchev–Trinajstić information content (AvgIpc) is 2.80. The van der Waals surface area contributed by atoms with Crippen molar-refractivity contribution < 1.29 is 19.6 Å². The molecule has 4 nitrogen and oxygen atoms in total. The molecule has 0 saturated heterocycles. The van der Waals surface area contributed by atoms with Gasteiger partial charge in [0.05, 0.1) is 0 Å². The highest BCUT2D eigenvalue weighted by Crippen LogP contribution is 2.33. The number of benzene rings is 2. The summed E-state index contributed by atoms with van der Waals surface area (Å²) in [5.74, 6) is 2.41. The molecule has 2 aromatic carbocycles. The first-order chi connectivity index (χ1) is 15.1. The Morgan fingerprint density at radius 2 is 0.969 bits per heavy atom. The molecule has 0 heterocycles. The lowest BCUT2D eigenvalue weighted by atomic mass is 9.94. The van der Waals surface area contributed by atoms with Gasteiger partial charge in [0.1, 0.15) is 11.2 Å². The van der Waals surface area contributed by atoms with Gasteiger partial charge in [-0.3, -0.25) is 0 Å². The maximum absolute atomic E-state index is 5.88. The molecule has 0 aliphatic carbocycles. The zero-order valence-electron chi connectivity index (χ0n) is 21.2. The highest BCUT2D eigenvalue weighted by molar-refractivity contribution is 5.36. The molecule has 0 amide bonds. The minimum absolute atomic E-state index is 0.417. The van der Waals surface area contributed by atoms with Crippen molar-refractivity contribution in [1.29, 1.82) is 0 Å². The predicted molar refractivity (Wildman–Crippen MR) is 131 cm³/mol. The Kier molecular flexibility index (Phi) is 9.60. The van der Waals surface area contributed by atoms with Crippen LogP contribution in [0.1, 0.15) is 104 Å². The molecule has 2 atom stereocenters. The van der Waals surface area contributed by atoms with Crippen molar-refractivity contribution in [3.8, 4) is 11.5 Å². The van der Waals surface area contributed by atoms with Crippen molar-refractivity contribution >= 4 is 0 Å². The summed E-state index contributed by atoms with van der Waals surface area (Å²) in [6, 6.07) is 16.2. The van der Waals surface area contributed by atoms with Crippen LogP contribution in [0.15, 0.2) is 48.5 Å². The summed E-state index contributed by atoms with van der Waals surface area (Å²) in [6.07, 6.45) is 3.61. The zero-order valence-corrected chi connectivity index (χ0v) is 21.2. The van der Waals surface area contributed by atoms with Crippen LogP contribution in [0.5, 0.6) is 11.5 Å². The molecule has 0 bridgehead atoms. The molecule has 0 aromatic heterocycles. The fourth-order valence-corrected chi connectivity index (χ4v) is 3.37. The minimum Gasteiger partial charge on any atom is -0.337 e. The highest BCUT2D eigenvalue weighted by atomic mass is 17.2. The van der Waals surface area contributed by atoms with Crippen LogP contribution in [0.4, 0.5) is 0 Å². The van der Waals surface area contributed by atoms with Gasteiger partial charge in [-0.25, -0.2) is 0 Å². The lowest BCUT2D eigenvalue weighted by Gasteiger charge is -2.30. The van der Waals surface area contributed by atoms with Crippen molar-refractivity contribution in [1.82, 2.24) is 0 Å². The topological polar surface area (TPSA) is 36.9 Å². The third-order valence-electron chi connectivity index (χ3n) is 6.17. The average molecular weight is 443 g/mol. The van der Waals surface area contributed by atoms with Crippen LogP contribution < -0.4 is 9.78 Å². The normalized spacial score (nSPS) is 14.1. The van der Waals surface area contributed by atoms with Gasteiger partial charge in [0.15, 0.2) is 11.5 Å². The fraction of sp³-hybridized carbons (Fsp3) is 0.571. The number of hydrogen-bond donors (Lipinski definition) is 0. The van der Waals surface area contributed by atoms with Crippen LogP contribution in [0.25, 0.3) is 0 Å². The van der Waals surface area contributed by atoms with E-state index in [0.29, 0.717) is 11.8 Å². The van der Waals surface area contributed by atoms with Gasteiger partial charge in [-0.05, 0) is 77.3 Å². The zero-order chi connectivity index (χ0) is 23.8. The molecule has 178 valence electrons. The van der Waals surface area contributed by atoms with Crippen molar-refractivity contribution in [3.63, 3.8) is 0 Å². The summed E-state index contributed by atoms with van der Waals surface area (Å²) in [5.41, 5.74) is 1.39. The lowest BCUT2D eigenvalue weighted by Crippen LogP contribution is -2.33. The first kappa shape index (κ1) is 26.2. The van der Waals surface area contributed by atoms with Crippen molar-refractivity contribution in [2.24, 2.45) is 0 Å². The van der Waals surface area contributed by atoms with Crippen LogP contribution in [0.3, 0.4) is 0 Å². The monoisotopic (exact) mass is 442 g/mol. The first-order valence-electron chi connectivity index (χ1n) is 12.0. The second kappa shape index (κ2) is 11.7. The van der Waals surface area contributed by atoms with E-state index in [1.54, 1.807) is 0 Å². The molecule has 0 radical (unpaired) electrons. The summed E-state index contributed by atoms with van der Waals surface area (Å²) in [6.45, 7) is 16.9. The van der Waals surface area contributed by atoms with Crippen LogP contribution in [-0.4, -0.2) is 11.2 Å². The molecule has 2 aromatic rings. The van der Waals surface area contributed by atoms with Gasteiger partial charge >= 0.3 is 0 Å². The Balaban J connectivity index is 1.92. The summed E-state index contributed by atoms with van der Waals surface area (Å²) in [7, 11) is 0. The minimum atomic E-state index is -0.474. The summed E-state index contributed by atoms with van der Waals surface area (Å²) in [4.78, 5) is 23.4. The van der Waals surface area contributed by atoms with Gasteiger partial charge in [-0.2, -0.15) is 9.78 Å². The number of rotatable bonds is 13. The third-order valence-corrected chi connectivity index (χ3v) is 6.17. The highest BCUT2D eigenvalue weighted by Gasteiger charge is 2.29. The summed E-state index contributed by atoms with van der Waals surface area (Å²) in [5, 5.41) is 0. The molecule has 0 fully saturated rings. The first-order valence-corrected chi connectivity index (χ1v) is 12.0. The van der Waals surface area contributed by atoms with Crippen molar-refractivity contribution in [2.75, 3.05) is 0 Å². The van der Waals surface area contributed by atoms with E-state index in [4.69, 9.17) is 19.6 Å². The molecule has 2 unspecified atom stereocenters.